The fourth-order valence-corrected chi connectivity index (χ4v) is 4.85. The summed E-state index contributed by atoms with van der Waals surface area (Å²) in [6, 6.07) is 6.68. The van der Waals surface area contributed by atoms with Crippen LogP contribution >= 0.6 is 0 Å². The van der Waals surface area contributed by atoms with E-state index in [0.717, 1.165) is 18.4 Å². The molecule has 10 nitrogen and oxygen atoms in total. The van der Waals surface area contributed by atoms with Gasteiger partial charge in [-0.05, 0) is 24.3 Å². The summed E-state index contributed by atoms with van der Waals surface area (Å²) in [5.74, 6) is 0.714. The maximum absolute atomic E-state index is 13.2. The molecule has 0 spiro atoms. The van der Waals surface area contributed by atoms with Crippen molar-refractivity contribution >= 4 is 21.5 Å². The van der Waals surface area contributed by atoms with Gasteiger partial charge in [-0.15, -0.1) is 0 Å². The van der Waals surface area contributed by atoms with Crippen LogP contribution in [0.4, 0.5) is 14.6 Å². The highest BCUT2D eigenvalue weighted by Crippen LogP contribution is 2.27. The van der Waals surface area contributed by atoms with Gasteiger partial charge in [-0.3, -0.25) is 4.90 Å². The molecule has 1 unspecified atom stereocenters. The zero-order valence-corrected chi connectivity index (χ0v) is 19.3. The van der Waals surface area contributed by atoms with Gasteiger partial charge in [0, 0.05) is 44.0 Å². The predicted octanol–water partition coefficient (Wildman–Crippen LogP) is 1.17. The lowest BCUT2D eigenvalue weighted by Crippen LogP contribution is -2.64. The number of aromatic nitrogens is 4. The van der Waals surface area contributed by atoms with Crippen LogP contribution in [0.15, 0.2) is 36.7 Å². The summed E-state index contributed by atoms with van der Waals surface area (Å²) in [4.78, 5) is 13.2. The summed E-state index contributed by atoms with van der Waals surface area (Å²) in [6.45, 7) is 3.61. The van der Waals surface area contributed by atoms with E-state index in [0.29, 0.717) is 50.0 Å². The molecule has 2 fully saturated rings. The number of pyridine rings is 1. The second-order valence-electron chi connectivity index (χ2n) is 8.52. The van der Waals surface area contributed by atoms with Crippen molar-refractivity contribution in [1.29, 1.82) is 0 Å². The minimum absolute atomic E-state index is 0.0473. The number of rotatable bonds is 7. The van der Waals surface area contributed by atoms with Crippen LogP contribution in [0.2, 0.25) is 0 Å². The van der Waals surface area contributed by atoms with Crippen molar-refractivity contribution in [2.75, 3.05) is 50.5 Å². The number of piperazine rings is 1. The molecule has 1 atom stereocenters. The van der Waals surface area contributed by atoms with E-state index in [1.54, 1.807) is 18.5 Å². The van der Waals surface area contributed by atoms with Crippen molar-refractivity contribution in [3.63, 3.8) is 0 Å². The van der Waals surface area contributed by atoms with E-state index >= 15 is 0 Å². The average molecular weight is 494 g/mol. The van der Waals surface area contributed by atoms with Gasteiger partial charge in [-0.2, -0.15) is 5.10 Å². The average Bonchev–Trinajstić information content (AvgIpc) is 3.20. The summed E-state index contributed by atoms with van der Waals surface area (Å²) >= 11 is 0. The van der Waals surface area contributed by atoms with Crippen LogP contribution in [0.5, 0.6) is 0 Å². The van der Waals surface area contributed by atoms with Gasteiger partial charge in [0.25, 0.3) is 6.43 Å². The molecule has 182 valence electrons. The van der Waals surface area contributed by atoms with E-state index in [1.807, 2.05) is 6.07 Å². The molecule has 34 heavy (non-hydrogen) atoms. The van der Waals surface area contributed by atoms with Gasteiger partial charge in [-0.25, -0.2) is 36.4 Å². The Kier molecular flexibility index (Phi) is 6.18. The molecule has 0 radical (unpaired) electrons. The highest BCUT2D eigenvalue weighted by molar-refractivity contribution is 7.88. The van der Waals surface area contributed by atoms with E-state index in [2.05, 4.69) is 29.6 Å². The summed E-state index contributed by atoms with van der Waals surface area (Å²) in [5, 5.41) is 4.04. The molecule has 2 aliphatic rings. The molecule has 0 bridgehead atoms. The normalized spacial score (nSPS) is 20.2. The molecular weight excluding hydrogens is 468 g/mol. The number of halogens is 2. The molecule has 0 aliphatic carbocycles. The number of fused-ring (bicyclic) bond motifs is 1. The van der Waals surface area contributed by atoms with Crippen molar-refractivity contribution in [3.8, 4) is 11.3 Å². The summed E-state index contributed by atoms with van der Waals surface area (Å²) in [5.41, 5.74) is 1.48. The molecule has 1 N–H and O–H groups in total. The Balaban J connectivity index is 1.40. The molecule has 0 aromatic carbocycles. The SMILES string of the molecule is CS(=O)(=O)NCC1CN(c2cc(-c3cnc4ccc(C(F)F)nn34)ccn2)CCN1C1COC1. The van der Waals surface area contributed by atoms with Crippen molar-refractivity contribution in [2.45, 2.75) is 18.5 Å². The van der Waals surface area contributed by atoms with Crippen LogP contribution in [-0.4, -0.2) is 90.6 Å². The Hall–Kier alpha value is -2.74. The summed E-state index contributed by atoms with van der Waals surface area (Å²) in [6.07, 6.45) is 1.74. The van der Waals surface area contributed by atoms with Crippen LogP contribution < -0.4 is 9.62 Å². The van der Waals surface area contributed by atoms with Gasteiger partial charge in [0.05, 0.1) is 37.4 Å². The third-order valence-electron chi connectivity index (χ3n) is 6.17. The van der Waals surface area contributed by atoms with Gasteiger partial charge in [0.2, 0.25) is 10.0 Å². The first-order chi connectivity index (χ1) is 16.3. The van der Waals surface area contributed by atoms with Crippen LogP contribution in [-0.2, 0) is 14.8 Å². The number of anilines is 1. The fourth-order valence-electron chi connectivity index (χ4n) is 4.35. The van der Waals surface area contributed by atoms with Crippen LogP contribution in [0.1, 0.15) is 12.1 Å². The van der Waals surface area contributed by atoms with E-state index in [-0.39, 0.29) is 17.8 Å². The number of alkyl halides is 2. The van der Waals surface area contributed by atoms with Crippen molar-refractivity contribution < 1.29 is 21.9 Å². The number of imidazole rings is 1. The Bertz CT molecular complexity index is 1280. The van der Waals surface area contributed by atoms with Crippen LogP contribution in [0.3, 0.4) is 0 Å². The molecule has 3 aromatic rings. The number of nitrogens with zero attached hydrogens (tertiary/aromatic N) is 6. The first kappa shape index (κ1) is 23.0. The third kappa shape index (κ3) is 4.73. The first-order valence-electron chi connectivity index (χ1n) is 10.9. The Morgan fingerprint density at radius 1 is 1.21 bits per heavy atom. The Morgan fingerprint density at radius 2 is 2.03 bits per heavy atom. The van der Waals surface area contributed by atoms with Crippen molar-refractivity contribution in [1.82, 2.24) is 29.2 Å². The molecule has 0 amide bonds. The Labute approximate surface area is 195 Å². The maximum Gasteiger partial charge on any atom is 0.282 e. The van der Waals surface area contributed by atoms with Gasteiger partial charge in [0.1, 0.15) is 11.5 Å². The molecule has 13 heteroatoms. The summed E-state index contributed by atoms with van der Waals surface area (Å²) < 4.78 is 59.1. The predicted molar refractivity (Wildman–Crippen MR) is 121 cm³/mol. The van der Waals surface area contributed by atoms with Crippen LogP contribution in [0.25, 0.3) is 16.9 Å². The van der Waals surface area contributed by atoms with Crippen LogP contribution in [0, 0.1) is 0 Å². The van der Waals surface area contributed by atoms with Gasteiger partial charge in [0.15, 0.2) is 5.65 Å². The zero-order chi connectivity index (χ0) is 23.9. The largest absolute Gasteiger partial charge is 0.378 e. The molecular formula is C21H25F2N7O3S. The smallest absolute Gasteiger partial charge is 0.282 e. The number of hydrogen-bond acceptors (Lipinski definition) is 8. The molecule has 5 rings (SSSR count). The van der Waals surface area contributed by atoms with Gasteiger partial charge >= 0.3 is 0 Å². The fraction of sp³-hybridized carbons (Fsp3) is 0.476. The number of hydrogen-bond donors (Lipinski definition) is 1. The summed E-state index contributed by atoms with van der Waals surface area (Å²) in [7, 11) is -3.32. The van der Waals surface area contributed by atoms with Gasteiger partial charge in [-0.1, -0.05) is 0 Å². The second kappa shape index (κ2) is 9.13. The van der Waals surface area contributed by atoms with E-state index in [4.69, 9.17) is 4.74 Å². The monoisotopic (exact) mass is 493 g/mol. The second-order valence-corrected chi connectivity index (χ2v) is 10.4. The molecule has 2 aliphatic heterocycles. The molecule has 3 aromatic heterocycles. The topological polar surface area (TPSA) is 105 Å². The van der Waals surface area contributed by atoms with Crippen molar-refractivity contribution in [2.24, 2.45) is 0 Å². The first-order valence-corrected chi connectivity index (χ1v) is 12.8. The number of sulfonamides is 1. The maximum atomic E-state index is 13.2. The molecule has 2 saturated heterocycles. The van der Waals surface area contributed by atoms with E-state index < -0.39 is 16.4 Å². The number of ether oxygens (including phenoxy) is 1. The lowest BCUT2D eigenvalue weighted by atomic mass is 10.1. The minimum Gasteiger partial charge on any atom is -0.378 e. The van der Waals surface area contributed by atoms with E-state index in [9.17, 15) is 17.2 Å². The molecule has 5 heterocycles. The van der Waals surface area contributed by atoms with Gasteiger partial charge < -0.3 is 9.64 Å². The molecule has 0 saturated carbocycles. The highest BCUT2D eigenvalue weighted by atomic mass is 32.2. The highest BCUT2D eigenvalue weighted by Gasteiger charge is 2.36. The lowest BCUT2D eigenvalue weighted by Gasteiger charge is -2.48. The number of nitrogens with one attached hydrogen (secondary N) is 1. The standard InChI is InChI=1S/C21H25F2N7O3S/c1-34(31,32)26-9-15-11-28(6-7-29(15)16-12-33-13-16)20-8-14(4-5-24-20)18-10-25-19-3-2-17(21(22)23)27-30(18)19/h2-5,8,10,15-16,21,26H,6-7,9,11-13H2,1H3. The van der Waals surface area contributed by atoms with Crippen molar-refractivity contribution in [3.05, 3.63) is 42.4 Å². The third-order valence-corrected chi connectivity index (χ3v) is 6.86. The zero-order valence-electron chi connectivity index (χ0n) is 18.5. The van der Waals surface area contributed by atoms with E-state index in [1.165, 1.54) is 16.6 Å². The quantitative estimate of drug-likeness (QED) is 0.523. The lowest BCUT2D eigenvalue weighted by molar-refractivity contribution is -0.0808. The minimum atomic E-state index is -3.32. The Morgan fingerprint density at radius 3 is 2.74 bits per heavy atom.